The predicted octanol–water partition coefficient (Wildman–Crippen LogP) is 3.72. The Morgan fingerprint density at radius 1 is 0.952 bits per heavy atom. The second kappa shape index (κ2) is 5.22. The molecule has 3 aromatic carbocycles. The molecule has 0 spiro atoms. The summed E-state index contributed by atoms with van der Waals surface area (Å²) in [6.45, 7) is 1.90. The summed E-state index contributed by atoms with van der Waals surface area (Å²) in [6, 6.07) is 20.3. The monoisotopic (exact) mass is 297 g/mol. The summed E-state index contributed by atoms with van der Waals surface area (Å²) in [5.74, 6) is 0.310. The van der Waals surface area contributed by atoms with E-state index in [9.17, 15) is 8.42 Å². The summed E-state index contributed by atoms with van der Waals surface area (Å²) < 4.78 is 29.9. The largest absolute Gasteiger partial charge is 0.378 e. The first-order chi connectivity index (χ1) is 10.1. The molecule has 0 saturated carbocycles. The number of rotatable bonds is 3. The molecule has 0 N–H and O–H groups in total. The molecule has 0 amide bonds. The molecule has 0 heterocycles. The van der Waals surface area contributed by atoms with Gasteiger partial charge >= 0.3 is 10.1 Å². The SMILES string of the molecule is Cc1ccc(S(=O)(=O)Oc2cccc3[c]cccc23)cc1. The van der Waals surface area contributed by atoms with E-state index in [2.05, 4.69) is 6.07 Å². The maximum atomic E-state index is 12.3. The van der Waals surface area contributed by atoms with Crippen molar-refractivity contribution in [3.05, 3.63) is 72.3 Å². The summed E-state index contributed by atoms with van der Waals surface area (Å²) in [5, 5.41) is 1.53. The van der Waals surface area contributed by atoms with E-state index in [0.717, 1.165) is 16.3 Å². The fourth-order valence-corrected chi connectivity index (χ4v) is 3.02. The van der Waals surface area contributed by atoms with Crippen LogP contribution < -0.4 is 4.18 Å². The fraction of sp³-hybridized carbons (Fsp3) is 0.0588. The van der Waals surface area contributed by atoms with Crippen LogP contribution in [0, 0.1) is 13.0 Å². The molecule has 0 aromatic heterocycles. The van der Waals surface area contributed by atoms with E-state index in [1.165, 1.54) is 0 Å². The third-order valence-corrected chi connectivity index (χ3v) is 4.42. The molecular weight excluding hydrogens is 284 g/mol. The molecule has 0 fully saturated rings. The standard InChI is InChI=1S/C17H13O3S/c1-13-9-11-15(12-10-13)21(18,19)20-17-8-4-6-14-5-2-3-7-16(14)17/h2-4,6-12H,1H3. The van der Waals surface area contributed by atoms with E-state index in [1.807, 2.05) is 19.1 Å². The Kier molecular flexibility index (Phi) is 3.39. The third-order valence-electron chi connectivity index (χ3n) is 3.17. The van der Waals surface area contributed by atoms with Crippen molar-refractivity contribution in [2.45, 2.75) is 11.8 Å². The smallest absolute Gasteiger partial charge is 0.339 e. The molecule has 105 valence electrons. The first-order valence-electron chi connectivity index (χ1n) is 6.47. The minimum atomic E-state index is -3.84. The van der Waals surface area contributed by atoms with Gasteiger partial charge in [-0.1, -0.05) is 48.0 Å². The molecule has 0 unspecified atom stereocenters. The van der Waals surface area contributed by atoms with Crippen LogP contribution in [0.4, 0.5) is 0 Å². The number of hydrogen-bond acceptors (Lipinski definition) is 3. The molecule has 1 radical (unpaired) electrons. The van der Waals surface area contributed by atoms with Crippen molar-refractivity contribution in [2.24, 2.45) is 0 Å². The third kappa shape index (κ3) is 2.76. The fourth-order valence-electron chi connectivity index (χ4n) is 2.07. The Morgan fingerprint density at radius 3 is 2.48 bits per heavy atom. The van der Waals surface area contributed by atoms with Crippen LogP contribution in [-0.4, -0.2) is 8.42 Å². The average Bonchev–Trinajstić information content (AvgIpc) is 2.48. The van der Waals surface area contributed by atoms with Crippen molar-refractivity contribution >= 4 is 20.9 Å². The van der Waals surface area contributed by atoms with Gasteiger partial charge in [-0.15, -0.1) is 0 Å². The van der Waals surface area contributed by atoms with Crippen molar-refractivity contribution in [1.29, 1.82) is 0 Å². The summed E-state index contributed by atoms with van der Waals surface area (Å²) in [7, 11) is -3.84. The molecule has 0 atom stereocenters. The van der Waals surface area contributed by atoms with Gasteiger partial charge in [0.05, 0.1) is 0 Å². The highest BCUT2D eigenvalue weighted by atomic mass is 32.2. The molecule has 3 aromatic rings. The number of hydrogen-bond donors (Lipinski definition) is 0. The Bertz CT molecular complexity index is 876. The molecule has 21 heavy (non-hydrogen) atoms. The number of aryl methyl sites for hydroxylation is 1. The van der Waals surface area contributed by atoms with E-state index < -0.39 is 10.1 Å². The van der Waals surface area contributed by atoms with Crippen LogP contribution in [0.3, 0.4) is 0 Å². The van der Waals surface area contributed by atoms with Gasteiger partial charge in [0.2, 0.25) is 0 Å². The topological polar surface area (TPSA) is 43.4 Å². The molecule has 4 heteroatoms. The van der Waals surface area contributed by atoms with Gasteiger partial charge < -0.3 is 4.18 Å². The lowest BCUT2D eigenvalue weighted by atomic mass is 10.1. The predicted molar refractivity (Wildman–Crippen MR) is 81.8 cm³/mol. The molecule has 0 aliphatic heterocycles. The molecule has 0 bridgehead atoms. The Labute approximate surface area is 123 Å². The maximum Gasteiger partial charge on any atom is 0.339 e. The van der Waals surface area contributed by atoms with Crippen LogP contribution in [0.25, 0.3) is 10.8 Å². The quantitative estimate of drug-likeness (QED) is 0.692. The second-order valence-electron chi connectivity index (χ2n) is 4.74. The molecular formula is C17H13O3S. The van der Waals surface area contributed by atoms with Gasteiger partial charge in [-0.25, -0.2) is 0 Å². The van der Waals surface area contributed by atoms with Gasteiger partial charge in [0.15, 0.2) is 5.75 Å². The average molecular weight is 297 g/mol. The number of fused-ring (bicyclic) bond motifs is 1. The highest BCUT2D eigenvalue weighted by Gasteiger charge is 2.17. The summed E-state index contributed by atoms with van der Waals surface area (Å²) in [4.78, 5) is 0.144. The minimum absolute atomic E-state index is 0.144. The van der Waals surface area contributed by atoms with E-state index in [-0.39, 0.29) is 4.90 Å². The molecule has 0 aliphatic rings. The number of benzene rings is 3. The van der Waals surface area contributed by atoms with Gasteiger partial charge in [-0.3, -0.25) is 0 Å². The summed E-state index contributed by atoms with van der Waals surface area (Å²) in [5.41, 5.74) is 0.994. The Morgan fingerprint density at radius 2 is 1.71 bits per heavy atom. The second-order valence-corrected chi connectivity index (χ2v) is 6.28. The Hall–Kier alpha value is -2.33. The normalized spacial score (nSPS) is 11.5. The molecule has 0 saturated heterocycles. The highest BCUT2D eigenvalue weighted by molar-refractivity contribution is 7.87. The Balaban J connectivity index is 2.03. The van der Waals surface area contributed by atoms with Crippen molar-refractivity contribution < 1.29 is 12.6 Å². The van der Waals surface area contributed by atoms with E-state index in [0.29, 0.717) is 5.75 Å². The first-order valence-corrected chi connectivity index (χ1v) is 7.88. The molecule has 3 rings (SSSR count). The van der Waals surface area contributed by atoms with Crippen LogP contribution in [0.2, 0.25) is 0 Å². The lowest BCUT2D eigenvalue weighted by molar-refractivity contribution is 0.488. The minimum Gasteiger partial charge on any atom is -0.378 e. The van der Waals surface area contributed by atoms with Crippen LogP contribution in [0.1, 0.15) is 5.56 Å². The first kappa shape index (κ1) is 13.6. The van der Waals surface area contributed by atoms with Crippen molar-refractivity contribution in [2.75, 3.05) is 0 Å². The van der Waals surface area contributed by atoms with Crippen LogP contribution in [-0.2, 0) is 10.1 Å². The molecule has 0 aliphatic carbocycles. The zero-order valence-electron chi connectivity index (χ0n) is 11.4. The van der Waals surface area contributed by atoms with Crippen molar-refractivity contribution in [3.63, 3.8) is 0 Å². The van der Waals surface area contributed by atoms with Crippen LogP contribution in [0.5, 0.6) is 5.75 Å². The zero-order valence-corrected chi connectivity index (χ0v) is 12.2. The zero-order chi connectivity index (χ0) is 14.9. The summed E-state index contributed by atoms with van der Waals surface area (Å²) in [6.07, 6.45) is 0. The van der Waals surface area contributed by atoms with Gasteiger partial charge in [0.1, 0.15) is 4.90 Å². The van der Waals surface area contributed by atoms with Crippen LogP contribution >= 0.6 is 0 Å². The van der Waals surface area contributed by atoms with Gasteiger partial charge in [-0.2, -0.15) is 8.42 Å². The van der Waals surface area contributed by atoms with E-state index in [4.69, 9.17) is 4.18 Å². The van der Waals surface area contributed by atoms with Crippen molar-refractivity contribution in [3.8, 4) is 5.75 Å². The van der Waals surface area contributed by atoms with Crippen molar-refractivity contribution in [1.82, 2.24) is 0 Å². The highest BCUT2D eigenvalue weighted by Crippen LogP contribution is 2.27. The van der Waals surface area contributed by atoms with Crippen LogP contribution in [0.15, 0.2) is 65.6 Å². The van der Waals surface area contributed by atoms with E-state index in [1.54, 1.807) is 48.5 Å². The maximum absolute atomic E-state index is 12.3. The van der Waals surface area contributed by atoms with Gasteiger partial charge in [0, 0.05) is 5.39 Å². The summed E-state index contributed by atoms with van der Waals surface area (Å²) >= 11 is 0. The molecule has 3 nitrogen and oxygen atoms in total. The van der Waals surface area contributed by atoms with Gasteiger partial charge in [0.25, 0.3) is 0 Å². The van der Waals surface area contributed by atoms with Gasteiger partial charge in [-0.05, 0) is 36.6 Å². The van der Waals surface area contributed by atoms with E-state index >= 15 is 0 Å². The lowest BCUT2D eigenvalue weighted by Crippen LogP contribution is -2.09. The lowest BCUT2D eigenvalue weighted by Gasteiger charge is -2.09.